The van der Waals surface area contributed by atoms with Crippen LogP contribution in [0.15, 0.2) is 18.2 Å². The lowest BCUT2D eigenvalue weighted by Gasteiger charge is -2.12. The Morgan fingerprint density at radius 3 is 2.77 bits per heavy atom. The maximum atomic E-state index is 12.6. The van der Waals surface area contributed by atoms with Gasteiger partial charge in [-0.2, -0.15) is 0 Å². The lowest BCUT2D eigenvalue weighted by atomic mass is 10.1. The predicted molar refractivity (Wildman–Crippen MR) is 49.6 cm³/mol. The van der Waals surface area contributed by atoms with Crippen LogP contribution in [0.25, 0.3) is 0 Å². The van der Waals surface area contributed by atoms with E-state index in [-0.39, 0.29) is 11.9 Å². The molecule has 0 amide bonds. The SMILES string of the molecule is COC[C@@H](N)c1ccc(F)cc1N. The number of methoxy groups -OCH3 is 1. The summed E-state index contributed by atoms with van der Waals surface area (Å²) in [6.45, 7) is 0.371. The maximum absolute atomic E-state index is 12.6. The van der Waals surface area contributed by atoms with Crippen molar-refractivity contribution in [3.8, 4) is 0 Å². The number of hydrogen-bond donors (Lipinski definition) is 2. The van der Waals surface area contributed by atoms with Crippen molar-refractivity contribution in [2.75, 3.05) is 19.5 Å². The van der Waals surface area contributed by atoms with Crippen molar-refractivity contribution >= 4 is 5.69 Å². The Kier molecular flexibility index (Phi) is 3.22. The van der Waals surface area contributed by atoms with Crippen LogP contribution in [-0.2, 0) is 4.74 Å². The van der Waals surface area contributed by atoms with Gasteiger partial charge in [0.25, 0.3) is 0 Å². The molecule has 0 fully saturated rings. The van der Waals surface area contributed by atoms with Crippen LogP contribution in [0.3, 0.4) is 0 Å². The van der Waals surface area contributed by atoms with E-state index in [4.69, 9.17) is 16.2 Å². The second kappa shape index (κ2) is 4.20. The number of anilines is 1. The van der Waals surface area contributed by atoms with E-state index in [0.29, 0.717) is 17.9 Å². The van der Waals surface area contributed by atoms with E-state index in [1.165, 1.54) is 12.1 Å². The number of rotatable bonds is 3. The van der Waals surface area contributed by atoms with Gasteiger partial charge in [-0.3, -0.25) is 0 Å². The quantitative estimate of drug-likeness (QED) is 0.690. The monoisotopic (exact) mass is 184 g/mol. The fourth-order valence-electron chi connectivity index (χ4n) is 1.15. The average Bonchev–Trinajstić information content (AvgIpc) is 2.04. The van der Waals surface area contributed by atoms with Crippen molar-refractivity contribution in [1.82, 2.24) is 0 Å². The third-order valence-electron chi connectivity index (χ3n) is 1.79. The first-order chi connectivity index (χ1) is 6.15. The second-order valence-electron chi connectivity index (χ2n) is 2.84. The standard InChI is InChI=1S/C9H13FN2O/c1-13-5-9(12)7-3-2-6(10)4-8(7)11/h2-4,9H,5,11-12H2,1H3/t9-/m1/s1. The summed E-state index contributed by atoms with van der Waals surface area (Å²) in [6.07, 6.45) is 0. The summed E-state index contributed by atoms with van der Waals surface area (Å²) in [5.74, 6) is -0.356. The minimum atomic E-state index is -0.356. The third-order valence-corrected chi connectivity index (χ3v) is 1.79. The Morgan fingerprint density at radius 2 is 2.23 bits per heavy atom. The number of hydrogen-bond acceptors (Lipinski definition) is 3. The molecule has 1 atom stereocenters. The van der Waals surface area contributed by atoms with Gasteiger partial charge < -0.3 is 16.2 Å². The normalized spacial score (nSPS) is 12.8. The molecule has 0 heterocycles. The smallest absolute Gasteiger partial charge is 0.125 e. The highest BCUT2D eigenvalue weighted by molar-refractivity contribution is 5.48. The lowest BCUT2D eigenvalue weighted by molar-refractivity contribution is 0.181. The van der Waals surface area contributed by atoms with Crippen molar-refractivity contribution in [1.29, 1.82) is 0 Å². The summed E-state index contributed by atoms with van der Waals surface area (Å²) < 4.78 is 17.5. The third kappa shape index (κ3) is 2.40. The van der Waals surface area contributed by atoms with Crippen molar-refractivity contribution < 1.29 is 9.13 Å². The topological polar surface area (TPSA) is 61.3 Å². The molecular formula is C9H13FN2O. The first-order valence-electron chi connectivity index (χ1n) is 3.94. The Labute approximate surface area is 76.5 Å². The summed E-state index contributed by atoms with van der Waals surface area (Å²) in [5.41, 5.74) is 12.4. The molecule has 0 aliphatic carbocycles. The molecule has 0 radical (unpaired) electrons. The van der Waals surface area contributed by atoms with E-state index in [1.54, 1.807) is 13.2 Å². The van der Waals surface area contributed by atoms with Gasteiger partial charge in [0.15, 0.2) is 0 Å². The van der Waals surface area contributed by atoms with E-state index >= 15 is 0 Å². The molecule has 3 nitrogen and oxygen atoms in total. The molecule has 0 bridgehead atoms. The molecular weight excluding hydrogens is 171 g/mol. The zero-order valence-electron chi connectivity index (χ0n) is 7.46. The van der Waals surface area contributed by atoms with E-state index < -0.39 is 0 Å². The van der Waals surface area contributed by atoms with Crippen LogP contribution in [0.5, 0.6) is 0 Å². The van der Waals surface area contributed by atoms with Gasteiger partial charge in [-0.25, -0.2) is 4.39 Å². The van der Waals surface area contributed by atoms with Crippen LogP contribution in [-0.4, -0.2) is 13.7 Å². The second-order valence-corrected chi connectivity index (χ2v) is 2.84. The van der Waals surface area contributed by atoms with Crippen LogP contribution < -0.4 is 11.5 Å². The number of ether oxygens (including phenoxy) is 1. The molecule has 0 aromatic heterocycles. The molecule has 0 saturated heterocycles. The first-order valence-corrected chi connectivity index (χ1v) is 3.94. The minimum absolute atomic E-state index is 0.300. The largest absolute Gasteiger partial charge is 0.398 e. The summed E-state index contributed by atoms with van der Waals surface area (Å²) in [5, 5.41) is 0. The Morgan fingerprint density at radius 1 is 1.54 bits per heavy atom. The zero-order valence-corrected chi connectivity index (χ0v) is 7.46. The molecule has 1 rings (SSSR count). The maximum Gasteiger partial charge on any atom is 0.125 e. The fourth-order valence-corrected chi connectivity index (χ4v) is 1.15. The molecule has 72 valence electrons. The van der Waals surface area contributed by atoms with E-state index in [0.717, 1.165) is 0 Å². The molecule has 0 spiro atoms. The van der Waals surface area contributed by atoms with Gasteiger partial charge in [0.2, 0.25) is 0 Å². The molecule has 1 aromatic carbocycles. The first kappa shape index (κ1) is 9.95. The van der Waals surface area contributed by atoms with Gasteiger partial charge in [0.05, 0.1) is 12.6 Å². The average molecular weight is 184 g/mol. The van der Waals surface area contributed by atoms with Gasteiger partial charge >= 0.3 is 0 Å². The molecule has 4 heteroatoms. The summed E-state index contributed by atoms with van der Waals surface area (Å²) in [4.78, 5) is 0. The number of benzene rings is 1. The fraction of sp³-hybridized carbons (Fsp3) is 0.333. The summed E-state index contributed by atoms with van der Waals surface area (Å²) in [7, 11) is 1.56. The van der Waals surface area contributed by atoms with Gasteiger partial charge in [-0.15, -0.1) is 0 Å². The van der Waals surface area contributed by atoms with Crippen LogP contribution in [0.2, 0.25) is 0 Å². The number of nitrogens with two attached hydrogens (primary N) is 2. The zero-order chi connectivity index (χ0) is 9.84. The van der Waals surface area contributed by atoms with Crippen LogP contribution >= 0.6 is 0 Å². The minimum Gasteiger partial charge on any atom is -0.398 e. The van der Waals surface area contributed by atoms with Crippen LogP contribution in [0.4, 0.5) is 10.1 Å². The highest BCUT2D eigenvalue weighted by atomic mass is 19.1. The molecule has 0 unspecified atom stereocenters. The van der Waals surface area contributed by atoms with Gasteiger partial charge in [0, 0.05) is 12.8 Å². The van der Waals surface area contributed by atoms with Crippen molar-refractivity contribution in [3.63, 3.8) is 0 Å². The molecule has 4 N–H and O–H groups in total. The Bertz CT molecular complexity index is 291. The molecule has 0 aliphatic rings. The number of halogens is 1. The molecule has 0 saturated carbocycles. The van der Waals surface area contributed by atoms with Crippen molar-refractivity contribution in [2.45, 2.75) is 6.04 Å². The molecule has 0 aliphatic heterocycles. The lowest BCUT2D eigenvalue weighted by Crippen LogP contribution is -2.17. The van der Waals surface area contributed by atoms with Gasteiger partial charge in [-0.1, -0.05) is 6.07 Å². The summed E-state index contributed by atoms with van der Waals surface area (Å²) in [6, 6.07) is 3.87. The van der Waals surface area contributed by atoms with Gasteiger partial charge in [0.1, 0.15) is 5.82 Å². The van der Waals surface area contributed by atoms with Crippen molar-refractivity contribution in [3.05, 3.63) is 29.6 Å². The molecule has 13 heavy (non-hydrogen) atoms. The predicted octanol–water partition coefficient (Wildman–Crippen LogP) is 1.05. The Balaban J connectivity index is 2.88. The summed E-state index contributed by atoms with van der Waals surface area (Å²) >= 11 is 0. The number of nitrogen functional groups attached to an aromatic ring is 1. The highest BCUT2D eigenvalue weighted by Gasteiger charge is 2.09. The van der Waals surface area contributed by atoms with E-state index in [2.05, 4.69) is 0 Å². The van der Waals surface area contributed by atoms with Crippen LogP contribution in [0, 0.1) is 5.82 Å². The highest BCUT2D eigenvalue weighted by Crippen LogP contribution is 2.19. The van der Waals surface area contributed by atoms with E-state index in [1.807, 2.05) is 0 Å². The Hall–Kier alpha value is -1.13. The molecule has 1 aromatic rings. The van der Waals surface area contributed by atoms with Crippen molar-refractivity contribution in [2.24, 2.45) is 5.73 Å². The van der Waals surface area contributed by atoms with Gasteiger partial charge in [-0.05, 0) is 17.7 Å². The van der Waals surface area contributed by atoms with Crippen LogP contribution in [0.1, 0.15) is 11.6 Å². The van der Waals surface area contributed by atoms with E-state index in [9.17, 15) is 4.39 Å².